The van der Waals surface area contributed by atoms with E-state index in [4.69, 9.17) is 4.74 Å². The molecule has 0 aromatic carbocycles. The van der Waals surface area contributed by atoms with Crippen LogP contribution >= 0.6 is 0 Å². The second-order valence-corrected chi connectivity index (χ2v) is 22.8. The number of nitrogens with one attached hydrogen (secondary N) is 1. The zero-order chi connectivity index (χ0) is 52.9. The molecule has 0 bridgehead atoms. The van der Waals surface area contributed by atoms with E-state index in [1.807, 2.05) is 0 Å². The largest absolute Gasteiger partial charge is 0.466 e. The van der Waals surface area contributed by atoms with Gasteiger partial charge >= 0.3 is 5.97 Å². The molecule has 0 saturated carbocycles. The number of unbranched alkanes of at least 4 members (excludes halogenated alkanes) is 47. The first-order valence-corrected chi connectivity index (χ1v) is 33.1. The second kappa shape index (κ2) is 62.9. The number of carbonyl (C=O) groups excluding carboxylic acids is 2. The maximum Gasteiger partial charge on any atom is 0.305 e. The molecule has 73 heavy (non-hydrogen) atoms. The molecule has 0 fully saturated rings. The summed E-state index contributed by atoms with van der Waals surface area (Å²) in [4.78, 5) is 24.5. The summed E-state index contributed by atoms with van der Waals surface area (Å²) in [5, 5.41) is 23.2. The van der Waals surface area contributed by atoms with Crippen molar-refractivity contribution < 1.29 is 24.5 Å². The zero-order valence-electron chi connectivity index (χ0n) is 49.4. The van der Waals surface area contributed by atoms with Gasteiger partial charge in [0.25, 0.3) is 0 Å². The summed E-state index contributed by atoms with van der Waals surface area (Å²) in [6, 6.07) is -0.540. The lowest BCUT2D eigenvalue weighted by atomic mass is 10.0. The minimum atomic E-state index is -0.663. The van der Waals surface area contributed by atoms with Crippen molar-refractivity contribution >= 4 is 11.9 Å². The minimum Gasteiger partial charge on any atom is -0.466 e. The van der Waals surface area contributed by atoms with Gasteiger partial charge in [-0.3, -0.25) is 9.59 Å². The predicted octanol–water partition coefficient (Wildman–Crippen LogP) is 21.0. The maximum atomic E-state index is 12.5. The summed E-state index contributed by atoms with van der Waals surface area (Å²) in [5.41, 5.74) is 0. The van der Waals surface area contributed by atoms with Gasteiger partial charge in [0.2, 0.25) is 5.91 Å². The molecule has 432 valence electrons. The molecule has 2 unspecified atom stereocenters. The zero-order valence-corrected chi connectivity index (χ0v) is 49.4. The van der Waals surface area contributed by atoms with Crippen LogP contribution in [0.5, 0.6) is 0 Å². The van der Waals surface area contributed by atoms with Gasteiger partial charge in [0.1, 0.15) is 0 Å². The molecule has 0 aliphatic rings. The van der Waals surface area contributed by atoms with E-state index in [0.717, 1.165) is 44.9 Å². The van der Waals surface area contributed by atoms with Gasteiger partial charge in [-0.1, -0.05) is 301 Å². The molecule has 0 aromatic rings. The number of aliphatic hydroxyl groups is 2. The Morgan fingerprint density at radius 3 is 0.973 bits per heavy atom. The van der Waals surface area contributed by atoms with Crippen LogP contribution in [0.2, 0.25) is 0 Å². The van der Waals surface area contributed by atoms with Gasteiger partial charge in [0.15, 0.2) is 0 Å². The van der Waals surface area contributed by atoms with Crippen LogP contribution in [0, 0.1) is 0 Å². The Kier molecular flexibility index (Phi) is 61.4. The molecule has 0 aliphatic heterocycles. The van der Waals surface area contributed by atoms with Crippen LogP contribution < -0.4 is 5.32 Å². The minimum absolute atomic E-state index is 0.0126. The fourth-order valence-electron chi connectivity index (χ4n) is 10.4. The monoisotopic (exact) mass is 1030 g/mol. The predicted molar refractivity (Wildman–Crippen MR) is 320 cm³/mol. The van der Waals surface area contributed by atoms with Crippen molar-refractivity contribution in [3.8, 4) is 0 Å². The highest BCUT2D eigenvalue weighted by atomic mass is 16.5. The van der Waals surface area contributed by atoms with Crippen LogP contribution in [0.25, 0.3) is 0 Å². The molecule has 2 atom stereocenters. The second-order valence-electron chi connectivity index (χ2n) is 22.8. The lowest BCUT2D eigenvalue weighted by molar-refractivity contribution is -0.143. The van der Waals surface area contributed by atoms with Crippen molar-refractivity contribution in [2.24, 2.45) is 0 Å². The normalized spacial score (nSPS) is 12.7. The highest BCUT2D eigenvalue weighted by molar-refractivity contribution is 5.76. The Morgan fingerprint density at radius 2 is 0.644 bits per heavy atom. The molecule has 0 aliphatic carbocycles. The average Bonchev–Trinajstić information content (AvgIpc) is 3.39. The Balaban J connectivity index is 3.35. The molecular weight excluding hydrogens is 899 g/mol. The smallest absolute Gasteiger partial charge is 0.305 e. The van der Waals surface area contributed by atoms with Crippen LogP contribution in [0.15, 0.2) is 24.3 Å². The van der Waals surface area contributed by atoms with Crippen LogP contribution in [-0.4, -0.2) is 47.4 Å². The van der Waals surface area contributed by atoms with E-state index in [1.165, 1.54) is 289 Å². The summed E-state index contributed by atoms with van der Waals surface area (Å²) in [7, 11) is 0. The summed E-state index contributed by atoms with van der Waals surface area (Å²) in [6.07, 6.45) is 77.9. The van der Waals surface area contributed by atoms with E-state index < -0.39 is 12.1 Å². The van der Waals surface area contributed by atoms with Gasteiger partial charge in [-0.05, 0) is 77.0 Å². The van der Waals surface area contributed by atoms with E-state index >= 15 is 0 Å². The topological polar surface area (TPSA) is 95.9 Å². The van der Waals surface area contributed by atoms with Gasteiger partial charge in [-0.2, -0.15) is 0 Å². The van der Waals surface area contributed by atoms with Gasteiger partial charge in [-0.25, -0.2) is 0 Å². The highest BCUT2D eigenvalue weighted by Crippen LogP contribution is 2.18. The number of hydrogen-bond acceptors (Lipinski definition) is 5. The molecule has 0 radical (unpaired) electrons. The van der Waals surface area contributed by atoms with Gasteiger partial charge < -0.3 is 20.3 Å². The van der Waals surface area contributed by atoms with Crippen molar-refractivity contribution in [3.63, 3.8) is 0 Å². The number of esters is 1. The molecule has 0 saturated heterocycles. The Hall–Kier alpha value is -1.66. The van der Waals surface area contributed by atoms with Crippen LogP contribution in [-0.2, 0) is 14.3 Å². The molecule has 6 nitrogen and oxygen atoms in total. The first kappa shape index (κ1) is 71.3. The van der Waals surface area contributed by atoms with E-state index in [-0.39, 0.29) is 18.5 Å². The number of ether oxygens (including phenoxy) is 1. The summed E-state index contributed by atoms with van der Waals surface area (Å²) in [6.45, 7) is 4.96. The summed E-state index contributed by atoms with van der Waals surface area (Å²) in [5.74, 6) is -0.0228. The molecule has 6 heteroatoms. The summed E-state index contributed by atoms with van der Waals surface area (Å²) >= 11 is 0. The fraction of sp³-hybridized carbons (Fsp3) is 0.910. The molecule has 0 heterocycles. The molecule has 0 aromatic heterocycles. The number of rotatable bonds is 62. The molecular formula is C67H129NO5. The van der Waals surface area contributed by atoms with E-state index in [1.54, 1.807) is 0 Å². The standard InChI is InChI=1S/C67H129NO5/c1-3-5-7-9-11-13-15-16-17-18-31-34-37-41-45-49-53-57-61-67(72)73-62-58-54-50-46-42-38-35-32-29-27-25-23-21-19-20-22-24-26-28-30-33-36-40-44-48-52-56-60-66(71)68-64(63-69)65(70)59-55-51-47-43-39-14-12-10-8-6-4-2/h17-20,64-65,69-70H,3-16,21-63H2,1-2H3,(H,68,71)/b18-17-,20-19-. The Morgan fingerprint density at radius 1 is 0.370 bits per heavy atom. The first-order chi connectivity index (χ1) is 36.0. The third-order valence-electron chi connectivity index (χ3n) is 15.5. The van der Waals surface area contributed by atoms with Crippen molar-refractivity contribution in [1.29, 1.82) is 0 Å². The van der Waals surface area contributed by atoms with E-state index in [9.17, 15) is 19.8 Å². The maximum absolute atomic E-state index is 12.5. The van der Waals surface area contributed by atoms with Crippen molar-refractivity contribution in [1.82, 2.24) is 5.32 Å². The quantitative estimate of drug-likeness (QED) is 0.0320. The lowest BCUT2D eigenvalue weighted by Gasteiger charge is -2.22. The van der Waals surface area contributed by atoms with Crippen molar-refractivity contribution in [2.75, 3.05) is 13.2 Å². The molecule has 0 rings (SSSR count). The molecule has 1 amide bonds. The van der Waals surface area contributed by atoms with Crippen molar-refractivity contribution in [2.45, 2.75) is 379 Å². The van der Waals surface area contributed by atoms with Gasteiger partial charge in [0, 0.05) is 12.8 Å². The van der Waals surface area contributed by atoms with Gasteiger partial charge in [0.05, 0.1) is 25.4 Å². The Labute approximate surface area is 456 Å². The lowest BCUT2D eigenvalue weighted by Crippen LogP contribution is -2.45. The number of aliphatic hydroxyl groups excluding tert-OH is 2. The van der Waals surface area contributed by atoms with E-state index in [2.05, 4.69) is 43.5 Å². The van der Waals surface area contributed by atoms with Crippen LogP contribution in [0.1, 0.15) is 367 Å². The van der Waals surface area contributed by atoms with Gasteiger partial charge in [-0.15, -0.1) is 0 Å². The van der Waals surface area contributed by atoms with Crippen LogP contribution in [0.3, 0.4) is 0 Å². The number of allylic oxidation sites excluding steroid dienone is 4. The third-order valence-corrected chi connectivity index (χ3v) is 15.5. The molecule has 0 spiro atoms. The highest BCUT2D eigenvalue weighted by Gasteiger charge is 2.20. The molecule has 3 N–H and O–H groups in total. The average molecular weight is 1030 g/mol. The number of amides is 1. The third kappa shape index (κ3) is 59.4. The fourth-order valence-corrected chi connectivity index (χ4v) is 10.4. The van der Waals surface area contributed by atoms with Crippen molar-refractivity contribution in [3.05, 3.63) is 24.3 Å². The number of hydrogen-bond donors (Lipinski definition) is 3. The number of carbonyl (C=O) groups is 2. The summed E-state index contributed by atoms with van der Waals surface area (Å²) < 4.78 is 5.50. The van der Waals surface area contributed by atoms with E-state index in [0.29, 0.717) is 25.9 Å². The Bertz CT molecular complexity index is 1140. The first-order valence-electron chi connectivity index (χ1n) is 33.1. The van der Waals surface area contributed by atoms with Crippen LogP contribution in [0.4, 0.5) is 0 Å². The SMILES string of the molecule is CCCCCCCCC/C=C\CCCCCCCCCC(=O)OCCCCCCCCCCCCCC/C=C\CCCCCCCCCCCCCC(=O)NC(CO)C(O)CCCCCCCCCCCCC.